The summed E-state index contributed by atoms with van der Waals surface area (Å²) in [6.07, 6.45) is 5.74. The second-order valence-electron chi connectivity index (χ2n) is 4.77. The average Bonchev–Trinajstić information content (AvgIpc) is 2.87. The van der Waals surface area contributed by atoms with Gasteiger partial charge >= 0.3 is 0 Å². The summed E-state index contributed by atoms with van der Waals surface area (Å²) in [5, 5.41) is 4.96. The van der Waals surface area contributed by atoms with Gasteiger partial charge in [-0.1, -0.05) is 11.6 Å². The molecule has 1 aliphatic heterocycles. The zero-order valence-electron chi connectivity index (χ0n) is 10.5. The summed E-state index contributed by atoms with van der Waals surface area (Å²) in [5.41, 5.74) is 5.65. The van der Waals surface area contributed by atoms with Gasteiger partial charge in [-0.15, -0.1) is 0 Å². The molecule has 0 saturated carbocycles. The lowest BCUT2D eigenvalue weighted by Gasteiger charge is -2.32. The molecule has 1 saturated heterocycles. The van der Waals surface area contributed by atoms with E-state index < -0.39 is 0 Å². The first-order valence-electron chi connectivity index (χ1n) is 6.39. The van der Waals surface area contributed by atoms with Crippen LogP contribution in [0.1, 0.15) is 18.9 Å². The van der Waals surface area contributed by atoms with E-state index >= 15 is 0 Å². The fourth-order valence-electron chi connectivity index (χ4n) is 2.47. The minimum absolute atomic E-state index is 0.431. The van der Waals surface area contributed by atoms with E-state index in [1.807, 2.05) is 29.1 Å². The summed E-state index contributed by atoms with van der Waals surface area (Å²) in [6, 6.07) is 6.12. The monoisotopic (exact) mass is 277 g/mol. The van der Waals surface area contributed by atoms with E-state index in [0.717, 1.165) is 31.7 Å². The Hall–Kier alpha value is -1.75. The molecule has 0 aromatic carbocycles. The number of aromatic nitrogens is 3. The highest BCUT2D eigenvalue weighted by Gasteiger charge is 2.21. The molecule has 2 aromatic rings. The predicted molar refractivity (Wildman–Crippen MR) is 76.4 cm³/mol. The minimum Gasteiger partial charge on any atom is -0.382 e. The molecule has 1 fully saturated rings. The lowest BCUT2D eigenvalue weighted by molar-refractivity contribution is 0.367. The molecule has 19 heavy (non-hydrogen) atoms. The zero-order chi connectivity index (χ0) is 13.2. The second-order valence-corrected chi connectivity index (χ2v) is 5.21. The Bertz CT molecular complexity index is 542. The van der Waals surface area contributed by atoms with Gasteiger partial charge in [0.2, 0.25) is 0 Å². The fraction of sp³-hybridized carbons (Fsp3) is 0.385. The van der Waals surface area contributed by atoms with E-state index in [4.69, 9.17) is 17.3 Å². The van der Waals surface area contributed by atoms with Gasteiger partial charge < -0.3 is 10.6 Å². The first-order valence-corrected chi connectivity index (χ1v) is 6.77. The Morgan fingerprint density at radius 3 is 2.58 bits per heavy atom. The molecule has 2 N–H and O–H groups in total. The summed E-state index contributed by atoms with van der Waals surface area (Å²) in [5.74, 6) is 1.57. The van der Waals surface area contributed by atoms with Gasteiger partial charge in [-0.25, -0.2) is 4.98 Å². The van der Waals surface area contributed by atoms with Crippen molar-refractivity contribution in [3.8, 4) is 0 Å². The van der Waals surface area contributed by atoms with Crippen molar-refractivity contribution in [2.24, 2.45) is 0 Å². The third-order valence-electron chi connectivity index (χ3n) is 3.50. The molecule has 100 valence electrons. The third kappa shape index (κ3) is 2.66. The van der Waals surface area contributed by atoms with Crippen LogP contribution >= 0.6 is 11.6 Å². The van der Waals surface area contributed by atoms with Gasteiger partial charge in [0.15, 0.2) is 0 Å². The van der Waals surface area contributed by atoms with E-state index in [9.17, 15) is 0 Å². The van der Waals surface area contributed by atoms with Crippen molar-refractivity contribution in [2.75, 3.05) is 23.7 Å². The normalized spacial score (nSPS) is 16.8. The highest BCUT2D eigenvalue weighted by molar-refractivity contribution is 6.30. The van der Waals surface area contributed by atoms with Crippen LogP contribution in [0.5, 0.6) is 0 Å². The summed E-state index contributed by atoms with van der Waals surface area (Å²) in [4.78, 5) is 6.63. The van der Waals surface area contributed by atoms with Gasteiger partial charge in [0.1, 0.15) is 11.6 Å². The van der Waals surface area contributed by atoms with Crippen molar-refractivity contribution in [2.45, 2.75) is 18.9 Å². The number of nitrogens with zero attached hydrogens (tertiary/aromatic N) is 4. The largest absolute Gasteiger partial charge is 0.382 e. The lowest BCUT2D eigenvalue weighted by Crippen LogP contribution is -2.35. The lowest BCUT2D eigenvalue weighted by atomic mass is 10.1. The Kier molecular flexibility index (Phi) is 3.29. The van der Waals surface area contributed by atoms with Gasteiger partial charge in [0.25, 0.3) is 0 Å². The Balaban J connectivity index is 1.64. The van der Waals surface area contributed by atoms with Crippen molar-refractivity contribution < 1.29 is 0 Å². The fourth-order valence-corrected chi connectivity index (χ4v) is 2.58. The van der Waals surface area contributed by atoms with Gasteiger partial charge in [-0.3, -0.25) is 4.68 Å². The molecule has 3 heterocycles. The molecule has 2 aromatic heterocycles. The first-order chi connectivity index (χ1) is 9.22. The molecule has 5 nitrogen and oxygen atoms in total. The van der Waals surface area contributed by atoms with E-state index in [-0.39, 0.29) is 0 Å². The number of anilines is 2. The summed E-state index contributed by atoms with van der Waals surface area (Å²) in [7, 11) is 0. The van der Waals surface area contributed by atoms with E-state index in [0.29, 0.717) is 16.9 Å². The van der Waals surface area contributed by atoms with Crippen LogP contribution in [-0.2, 0) is 0 Å². The molecule has 0 aliphatic carbocycles. The predicted octanol–water partition coefficient (Wildman–Crippen LogP) is 2.36. The molecule has 6 heteroatoms. The molecule has 0 atom stereocenters. The van der Waals surface area contributed by atoms with Gasteiger partial charge in [0.05, 0.1) is 11.1 Å². The maximum atomic E-state index is 5.85. The van der Waals surface area contributed by atoms with Crippen LogP contribution in [0.25, 0.3) is 0 Å². The molecular formula is C13H16ClN5. The molecule has 0 unspecified atom stereocenters. The standard InChI is InChI=1S/C13H16ClN5/c14-10-1-2-13(16-9-10)18-6-3-11(4-7-18)19-8-5-12(15)17-19/h1-2,5,8-9,11H,3-4,6-7H2,(H2,15,17). The van der Waals surface area contributed by atoms with Crippen LogP contribution in [0.3, 0.4) is 0 Å². The molecule has 3 rings (SSSR count). The number of halogens is 1. The van der Waals surface area contributed by atoms with Crippen LogP contribution in [0.15, 0.2) is 30.6 Å². The van der Waals surface area contributed by atoms with Crippen LogP contribution in [0.2, 0.25) is 5.02 Å². The first kappa shape index (κ1) is 12.3. The van der Waals surface area contributed by atoms with Crippen LogP contribution in [0, 0.1) is 0 Å². The summed E-state index contributed by atoms with van der Waals surface area (Å²) in [6.45, 7) is 1.94. The number of piperidine rings is 1. The maximum absolute atomic E-state index is 5.85. The molecule has 0 bridgehead atoms. The number of rotatable bonds is 2. The quantitative estimate of drug-likeness (QED) is 0.915. The van der Waals surface area contributed by atoms with Crippen LogP contribution in [0.4, 0.5) is 11.6 Å². The molecule has 0 spiro atoms. The second kappa shape index (κ2) is 5.09. The molecule has 1 aliphatic rings. The van der Waals surface area contributed by atoms with Crippen LogP contribution in [-0.4, -0.2) is 27.9 Å². The number of hydrogen-bond donors (Lipinski definition) is 1. The zero-order valence-corrected chi connectivity index (χ0v) is 11.3. The SMILES string of the molecule is Nc1ccn(C2CCN(c3ccc(Cl)cn3)CC2)n1. The van der Waals surface area contributed by atoms with E-state index in [2.05, 4.69) is 15.0 Å². The number of nitrogen functional groups attached to an aromatic ring is 1. The minimum atomic E-state index is 0.431. The van der Waals surface area contributed by atoms with Gasteiger partial charge in [-0.05, 0) is 31.0 Å². The number of hydrogen-bond acceptors (Lipinski definition) is 4. The Morgan fingerprint density at radius 2 is 2.00 bits per heavy atom. The topological polar surface area (TPSA) is 60.0 Å². The van der Waals surface area contributed by atoms with E-state index in [1.165, 1.54) is 0 Å². The van der Waals surface area contributed by atoms with Gasteiger partial charge in [-0.2, -0.15) is 5.10 Å². The van der Waals surface area contributed by atoms with Crippen molar-refractivity contribution in [3.05, 3.63) is 35.6 Å². The van der Waals surface area contributed by atoms with Crippen molar-refractivity contribution >= 4 is 23.2 Å². The van der Waals surface area contributed by atoms with Crippen molar-refractivity contribution in [1.82, 2.24) is 14.8 Å². The van der Waals surface area contributed by atoms with Crippen molar-refractivity contribution in [1.29, 1.82) is 0 Å². The van der Waals surface area contributed by atoms with E-state index in [1.54, 1.807) is 6.20 Å². The third-order valence-corrected chi connectivity index (χ3v) is 3.73. The van der Waals surface area contributed by atoms with Gasteiger partial charge in [0, 0.05) is 25.5 Å². The number of pyridine rings is 1. The smallest absolute Gasteiger partial charge is 0.145 e. The maximum Gasteiger partial charge on any atom is 0.145 e. The van der Waals surface area contributed by atoms with Crippen molar-refractivity contribution in [3.63, 3.8) is 0 Å². The number of nitrogens with two attached hydrogens (primary N) is 1. The average molecular weight is 278 g/mol. The Labute approximate surface area is 117 Å². The highest BCUT2D eigenvalue weighted by Crippen LogP contribution is 2.25. The summed E-state index contributed by atoms with van der Waals surface area (Å²) >= 11 is 5.85. The molecule has 0 radical (unpaired) electrons. The highest BCUT2D eigenvalue weighted by atomic mass is 35.5. The molecular weight excluding hydrogens is 262 g/mol. The summed E-state index contributed by atoms with van der Waals surface area (Å²) < 4.78 is 1.97. The van der Waals surface area contributed by atoms with Crippen LogP contribution < -0.4 is 10.6 Å². The molecule has 0 amide bonds. The Morgan fingerprint density at radius 1 is 1.21 bits per heavy atom.